The van der Waals surface area contributed by atoms with Crippen molar-refractivity contribution in [2.24, 2.45) is 5.92 Å². The Morgan fingerprint density at radius 3 is 2.24 bits per heavy atom. The Labute approximate surface area is 215 Å². The summed E-state index contributed by atoms with van der Waals surface area (Å²) in [7, 11) is 0. The molecule has 2 N–H and O–H groups in total. The fraction of sp³-hybridized carbons (Fsp3) is 0.120. The third-order valence-electron chi connectivity index (χ3n) is 5.52. The van der Waals surface area contributed by atoms with Crippen LogP contribution in [-0.2, 0) is 4.79 Å². The van der Waals surface area contributed by atoms with Crippen LogP contribution in [0.3, 0.4) is 0 Å². The molecule has 1 aliphatic rings. The van der Waals surface area contributed by atoms with Gasteiger partial charge in [-0.3, -0.25) is 9.59 Å². The maximum Gasteiger partial charge on any atom is 0.257 e. The molecule has 9 heteroatoms. The highest BCUT2D eigenvalue weighted by atomic mass is 35.5. The van der Waals surface area contributed by atoms with Crippen molar-refractivity contribution >= 4 is 75.7 Å². The van der Waals surface area contributed by atoms with Crippen LogP contribution in [0.25, 0.3) is 6.08 Å². The number of carbonyl (C=O) groups is 2. The predicted octanol–water partition coefficient (Wildman–Crippen LogP) is 7.55. The van der Waals surface area contributed by atoms with Crippen LogP contribution in [0, 0.1) is 11.7 Å². The fourth-order valence-electron chi connectivity index (χ4n) is 3.70. The second kappa shape index (κ2) is 9.59. The molecule has 34 heavy (non-hydrogen) atoms. The molecule has 3 aromatic rings. The smallest absolute Gasteiger partial charge is 0.257 e. The highest BCUT2D eigenvalue weighted by molar-refractivity contribution is 6.53. The van der Waals surface area contributed by atoms with E-state index in [0.29, 0.717) is 16.4 Å². The van der Waals surface area contributed by atoms with Gasteiger partial charge in [-0.25, -0.2) is 4.39 Å². The lowest BCUT2D eigenvalue weighted by Gasteiger charge is -2.10. The minimum Gasteiger partial charge on any atom is -0.326 e. The molecule has 2 atom stereocenters. The van der Waals surface area contributed by atoms with Crippen molar-refractivity contribution in [1.29, 1.82) is 0 Å². The van der Waals surface area contributed by atoms with Crippen molar-refractivity contribution in [2.75, 3.05) is 10.6 Å². The van der Waals surface area contributed by atoms with Gasteiger partial charge >= 0.3 is 0 Å². The lowest BCUT2D eigenvalue weighted by Crippen LogP contribution is -2.18. The molecule has 0 bridgehead atoms. The Balaban J connectivity index is 1.50. The Morgan fingerprint density at radius 1 is 0.912 bits per heavy atom. The summed E-state index contributed by atoms with van der Waals surface area (Å²) in [4.78, 5) is 25.6. The van der Waals surface area contributed by atoms with Crippen LogP contribution in [0.4, 0.5) is 15.8 Å². The zero-order valence-electron chi connectivity index (χ0n) is 17.4. The van der Waals surface area contributed by atoms with Crippen LogP contribution in [-0.4, -0.2) is 16.1 Å². The summed E-state index contributed by atoms with van der Waals surface area (Å²) in [6.45, 7) is 3.70. The molecule has 0 heterocycles. The van der Waals surface area contributed by atoms with Crippen LogP contribution in [0.1, 0.15) is 27.4 Å². The topological polar surface area (TPSA) is 58.2 Å². The maximum absolute atomic E-state index is 13.1. The number of rotatable bonds is 6. The van der Waals surface area contributed by atoms with Crippen LogP contribution in [0.15, 0.2) is 67.2 Å². The van der Waals surface area contributed by atoms with E-state index in [1.54, 1.807) is 30.3 Å². The van der Waals surface area contributed by atoms with Gasteiger partial charge in [0.1, 0.15) is 10.2 Å². The molecule has 0 saturated heterocycles. The average Bonchev–Trinajstić information content (AvgIpc) is 3.38. The molecule has 3 aromatic carbocycles. The Morgan fingerprint density at radius 2 is 1.59 bits per heavy atom. The third kappa shape index (κ3) is 4.93. The molecule has 174 valence electrons. The van der Waals surface area contributed by atoms with Crippen molar-refractivity contribution in [3.8, 4) is 0 Å². The molecular formula is C25H17Cl4FN2O2. The minimum absolute atomic E-state index is 0.131. The average molecular weight is 538 g/mol. The number of hydrogen-bond acceptors (Lipinski definition) is 2. The normalized spacial score (nSPS) is 18.1. The first-order valence-electron chi connectivity index (χ1n) is 10.1. The third-order valence-corrected chi connectivity index (χ3v) is 7.12. The van der Waals surface area contributed by atoms with Crippen molar-refractivity contribution in [3.05, 3.63) is 99.8 Å². The van der Waals surface area contributed by atoms with Crippen molar-refractivity contribution in [2.45, 2.75) is 10.3 Å². The van der Waals surface area contributed by atoms with E-state index >= 15 is 0 Å². The molecule has 0 unspecified atom stereocenters. The summed E-state index contributed by atoms with van der Waals surface area (Å²) in [5.41, 5.74) is 2.36. The summed E-state index contributed by atoms with van der Waals surface area (Å²) >= 11 is 25.3. The maximum atomic E-state index is 13.1. The number of halogens is 5. The number of anilines is 2. The molecular weight excluding hydrogens is 521 g/mol. The van der Waals surface area contributed by atoms with Gasteiger partial charge in [0.05, 0.1) is 16.5 Å². The van der Waals surface area contributed by atoms with Gasteiger partial charge in [0, 0.05) is 22.3 Å². The second-order valence-electron chi connectivity index (χ2n) is 7.76. The summed E-state index contributed by atoms with van der Waals surface area (Å²) in [6, 6.07) is 15.1. The highest BCUT2D eigenvalue weighted by Crippen LogP contribution is 2.65. The number of carbonyl (C=O) groups excluding carboxylic acids is 2. The monoisotopic (exact) mass is 536 g/mol. The van der Waals surface area contributed by atoms with Crippen LogP contribution in [0.5, 0.6) is 0 Å². The van der Waals surface area contributed by atoms with E-state index in [0.717, 1.165) is 11.1 Å². The lowest BCUT2D eigenvalue weighted by molar-refractivity contribution is -0.117. The molecule has 1 saturated carbocycles. The molecule has 0 radical (unpaired) electrons. The zero-order valence-corrected chi connectivity index (χ0v) is 20.4. The van der Waals surface area contributed by atoms with E-state index in [2.05, 4.69) is 17.2 Å². The van der Waals surface area contributed by atoms with Gasteiger partial charge in [-0.15, -0.1) is 23.2 Å². The molecule has 2 amide bonds. The van der Waals surface area contributed by atoms with Gasteiger partial charge in [-0.2, -0.15) is 0 Å². The van der Waals surface area contributed by atoms with E-state index in [1.165, 1.54) is 36.4 Å². The van der Waals surface area contributed by atoms with E-state index in [-0.39, 0.29) is 10.6 Å². The Bertz CT molecular complexity index is 1290. The van der Waals surface area contributed by atoms with E-state index in [4.69, 9.17) is 46.4 Å². The van der Waals surface area contributed by atoms with Gasteiger partial charge in [0.2, 0.25) is 5.91 Å². The van der Waals surface area contributed by atoms with Gasteiger partial charge in [-0.1, -0.05) is 48.0 Å². The van der Waals surface area contributed by atoms with Crippen molar-refractivity contribution in [3.63, 3.8) is 0 Å². The van der Waals surface area contributed by atoms with Gasteiger partial charge < -0.3 is 10.6 Å². The quantitative estimate of drug-likeness (QED) is 0.319. The summed E-state index contributed by atoms with van der Waals surface area (Å²) in [6.07, 6.45) is 1.63. The number of benzene rings is 3. The SMILES string of the molecule is C=Cc1ccc([C@@H]2[C@@H](C(=O)Nc3ccc(Cl)c(C(=O)Nc4ccc(F)cc4)c3)C2(Cl)Cl)cc1Cl. The van der Waals surface area contributed by atoms with Crippen LogP contribution >= 0.6 is 46.4 Å². The number of amides is 2. The first-order valence-corrected chi connectivity index (χ1v) is 11.6. The van der Waals surface area contributed by atoms with Crippen LogP contribution < -0.4 is 10.6 Å². The lowest BCUT2D eigenvalue weighted by atomic mass is 10.1. The predicted molar refractivity (Wildman–Crippen MR) is 137 cm³/mol. The van der Waals surface area contributed by atoms with E-state index < -0.39 is 33.8 Å². The molecule has 0 aliphatic heterocycles. The largest absolute Gasteiger partial charge is 0.326 e. The summed E-state index contributed by atoms with van der Waals surface area (Å²) < 4.78 is 11.8. The molecule has 0 aromatic heterocycles. The molecule has 4 rings (SSSR count). The Hall–Kier alpha value is -2.57. The number of nitrogens with one attached hydrogen (secondary N) is 2. The van der Waals surface area contributed by atoms with E-state index in [9.17, 15) is 14.0 Å². The molecule has 0 spiro atoms. The number of alkyl halides is 2. The van der Waals surface area contributed by atoms with Gasteiger partial charge in [0.15, 0.2) is 0 Å². The first kappa shape index (κ1) is 24.6. The molecule has 1 fully saturated rings. The summed E-state index contributed by atoms with van der Waals surface area (Å²) in [5, 5.41) is 6.05. The van der Waals surface area contributed by atoms with Crippen LogP contribution in [0.2, 0.25) is 10.0 Å². The minimum atomic E-state index is -1.31. The van der Waals surface area contributed by atoms with Gasteiger partial charge in [0.25, 0.3) is 5.91 Å². The molecule has 1 aliphatic carbocycles. The van der Waals surface area contributed by atoms with Crippen molar-refractivity contribution < 1.29 is 14.0 Å². The van der Waals surface area contributed by atoms with E-state index in [1.807, 2.05) is 0 Å². The first-order chi connectivity index (χ1) is 16.1. The highest BCUT2D eigenvalue weighted by Gasteiger charge is 2.67. The standard InChI is InChI=1S/C25H17Cl4FN2O2/c1-2-13-3-4-14(11-20(13)27)21-22(25(21,28)29)24(34)32-17-9-10-19(26)18(12-17)23(33)31-16-7-5-15(30)6-8-16/h2-12,21-22H,1H2,(H,31,33)(H,32,34)/t21-,22+/m1/s1. The Kier molecular flexibility index (Phi) is 6.92. The number of hydrogen-bond donors (Lipinski definition) is 2. The summed E-state index contributed by atoms with van der Waals surface area (Å²) in [5.74, 6) is -2.54. The van der Waals surface area contributed by atoms with Gasteiger partial charge in [-0.05, 0) is 59.7 Å². The fourth-order valence-corrected chi connectivity index (χ4v) is 5.00. The van der Waals surface area contributed by atoms with Crippen molar-refractivity contribution in [1.82, 2.24) is 0 Å². The molecule has 4 nitrogen and oxygen atoms in total. The zero-order chi connectivity index (χ0) is 24.6. The second-order valence-corrected chi connectivity index (χ2v) is 10.0.